The first-order valence-electron chi connectivity index (χ1n) is 24.1. The molecule has 0 rings (SSSR count). The third-order valence-electron chi connectivity index (χ3n) is 9.81. The second-order valence-electron chi connectivity index (χ2n) is 15.7. The van der Waals surface area contributed by atoms with Gasteiger partial charge in [-0.3, -0.25) is 18.6 Å². The molecule has 0 spiro atoms. The highest BCUT2D eigenvalue weighted by molar-refractivity contribution is 7.47. The first-order valence-corrected chi connectivity index (χ1v) is 25.6. The van der Waals surface area contributed by atoms with Gasteiger partial charge in [-0.05, 0) is 89.9 Å². The molecule has 0 saturated heterocycles. The van der Waals surface area contributed by atoms with Gasteiger partial charge in [-0.25, -0.2) is 4.57 Å². The van der Waals surface area contributed by atoms with Crippen molar-refractivity contribution in [2.24, 2.45) is 0 Å². The van der Waals surface area contributed by atoms with Crippen molar-refractivity contribution in [3.63, 3.8) is 0 Å². The number of phosphoric ester groups is 1. The SMILES string of the molecule is CC/C=C\C/C=C\C/C=C\C/C=C\C/C=C\C/C=C\CCCCC(=O)OCC(O)COP(=O)(O)OCCNC(=O)CCCCCCCCCCC/C=C/CCCCCCCC. The molecule has 10 heteroatoms. The van der Waals surface area contributed by atoms with E-state index < -0.39 is 26.5 Å². The quantitative estimate of drug-likeness (QED) is 0.0239. The van der Waals surface area contributed by atoms with Crippen LogP contribution in [0, 0.1) is 0 Å². The van der Waals surface area contributed by atoms with Crippen LogP contribution in [0.15, 0.2) is 85.1 Å². The maximum atomic E-state index is 12.1. The van der Waals surface area contributed by atoms with Gasteiger partial charge >= 0.3 is 13.8 Å². The summed E-state index contributed by atoms with van der Waals surface area (Å²) in [6, 6.07) is 0. The molecule has 0 aromatic rings. The van der Waals surface area contributed by atoms with E-state index in [0.29, 0.717) is 12.8 Å². The zero-order valence-corrected chi connectivity index (χ0v) is 39.5. The minimum absolute atomic E-state index is 0.0713. The Morgan fingerprint density at radius 2 is 0.934 bits per heavy atom. The zero-order valence-electron chi connectivity index (χ0n) is 38.6. The summed E-state index contributed by atoms with van der Waals surface area (Å²) in [7, 11) is -4.44. The highest BCUT2D eigenvalue weighted by Gasteiger charge is 2.23. The number of rotatable bonds is 44. The van der Waals surface area contributed by atoms with Crippen LogP contribution in [-0.2, 0) is 27.9 Å². The average molecular weight is 874 g/mol. The normalized spacial score (nSPS) is 14.0. The van der Waals surface area contributed by atoms with Gasteiger partial charge < -0.3 is 20.1 Å². The van der Waals surface area contributed by atoms with Crippen molar-refractivity contribution >= 4 is 19.7 Å². The lowest BCUT2D eigenvalue weighted by atomic mass is 10.1. The molecule has 0 aliphatic heterocycles. The molecule has 61 heavy (non-hydrogen) atoms. The topological polar surface area (TPSA) is 131 Å². The number of nitrogens with one attached hydrogen (secondary N) is 1. The van der Waals surface area contributed by atoms with Crippen molar-refractivity contribution in [1.82, 2.24) is 5.32 Å². The molecule has 0 aliphatic rings. The average Bonchev–Trinajstić information content (AvgIpc) is 3.25. The maximum absolute atomic E-state index is 12.1. The molecule has 1 amide bonds. The first kappa shape index (κ1) is 58.2. The number of allylic oxidation sites excluding steroid dienone is 14. The minimum atomic E-state index is -4.44. The lowest BCUT2D eigenvalue weighted by Crippen LogP contribution is -2.27. The number of hydrogen-bond donors (Lipinski definition) is 3. The summed E-state index contributed by atoms with van der Waals surface area (Å²) in [5.74, 6) is -0.566. The first-order chi connectivity index (χ1) is 29.8. The molecule has 0 aromatic heterocycles. The van der Waals surface area contributed by atoms with Crippen LogP contribution in [0.2, 0.25) is 0 Å². The highest BCUT2D eigenvalue weighted by Crippen LogP contribution is 2.42. The van der Waals surface area contributed by atoms with Crippen LogP contribution in [-0.4, -0.2) is 54.3 Å². The summed E-state index contributed by atoms with van der Waals surface area (Å²) in [4.78, 5) is 34.0. The lowest BCUT2D eigenvalue weighted by Gasteiger charge is -2.15. The third-order valence-corrected chi connectivity index (χ3v) is 10.8. The largest absolute Gasteiger partial charge is 0.472 e. The van der Waals surface area contributed by atoms with Crippen LogP contribution >= 0.6 is 7.82 Å². The fourth-order valence-corrected chi connectivity index (χ4v) is 6.96. The number of hydrogen-bond acceptors (Lipinski definition) is 7. The second kappa shape index (κ2) is 46.7. The Balaban J connectivity index is 3.67. The van der Waals surface area contributed by atoms with Gasteiger partial charge in [-0.15, -0.1) is 0 Å². The van der Waals surface area contributed by atoms with E-state index in [0.717, 1.165) is 70.6 Å². The summed E-state index contributed by atoms with van der Waals surface area (Å²) in [5.41, 5.74) is 0. The molecule has 3 N–H and O–H groups in total. The number of carbonyl (C=O) groups is 2. The second-order valence-corrected chi connectivity index (χ2v) is 17.1. The van der Waals surface area contributed by atoms with E-state index in [-0.39, 0.29) is 32.1 Å². The maximum Gasteiger partial charge on any atom is 0.472 e. The Labute approximate surface area is 373 Å². The van der Waals surface area contributed by atoms with Crippen LogP contribution in [0.4, 0.5) is 0 Å². The van der Waals surface area contributed by atoms with E-state index in [1.807, 2.05) is 0 Å². The van der Waals surface area contributed by atoms with Gasteiger partial charge in [0.15, 0.2) is 0 Å². The molecule has 350 valence electrons. The van der Waals surface area contributed by atoms with Crippen LogP contribution < -0.4 is 5.32 Å². The number of amides is 1. The van der Waals surface area contributed by atoms with E-state index in [2.05, 4.69) is 104 Å². The van der Waals surface area contributed by atoms with Crippen molar-refractivity contribution < 1.29 is 37.9 Å². The molecular weight excluding hydrogens is 786 g/mol. The molecule has 0 saturated carbocycles. The molecule has 0 fully saturated rings. The van der Waals surface area contributed by atoms with Crippen molar-refractivity contribution in [1.29, 1.82) is 0 Å². The zero-order chi connectivity index (χ0) is 44.6. The van der Waals surface area contributed by atoms with Gasteiger partial charge in [0.25, 0.3) is 0 Å². The van der Waals surface area contributed by atoms with Gasteiger partial charge in [0.05, 0.1) is 13.2 Å². The summed E-state index contributed by atoms with van der Waals surface area (Å²) < 4.78 is 26.9. The van der Waals surface area contributed by atoms with Gasteiger partial charge in [-0.1, -0.05) is 176 Å². The summed E-state index contributed by atoms with van der Waals surface area (Å²) in [5, 5.41) is 12.7. The number of carbonyl (C=O) groups excluding carboxylic acids is 2. The molecule has 0 bridgehead atoms. The molecular formula is C51H88NO8P. The van der Waals surface area contributed by atoms with Gasteiger partial charge in [0.2, 0.25) is 5.91 Å². The number of aliphatic hydroxyl groups excluding tert-OH is 1. The number of ether oxygens (including phenoxy) is 1. The minimum Gasteiger partial charge on any atom is -0.463 e. The van der Waals surface area contributed by atoms with Gasteiger partial charge in [-0.2, -0.15) is 0 Å². The van der Waals surface area contributed by atoms with Crippen molar-refractivity contribution in [3.05, 3.63) is 85.1 Å². The fraction of sp³-hybridized carbons (Fsp3) is 0.686. The monoisotopic (exact) mass is 874 g/mol. The number of esters is 1. The molecule has 2 atom stereocenters. The van der Waals surface area contributed by atoms with Crippen molar-refractivity contribution in [2.75, 3.05) is 26.4 Å². The number of unbranched alkanes of at least 4 members (excludes halogenated alkanes) is 17. The summed E-state index contributed by atoms with van der Waals surface area (Å²) in [6.07, 6.45) is 59.5. The van der Waals surface area contributed by atoms with E-state index in [9.17, 15) is 24.2 Å². The predicted molar refractivity (Wildman–Crippen MR) is 256 cm³/mol. The highest BCUT2D eigenvalue weighted by atomic mass is 31.2. The van der Waals surface area contributed by atoms with Crippen LogP contribution in [0.1, 0.15) is 194 Å². The van der Waals surface area contributed by atoms with Crippen LogP contribution in [0.25, 0.3) is 0 Å². The lowest BCUT2D eigenvalue weighted by molar-refractivity contribution is -0.147. The Morgan fingerprint density at radius 3 is 1.44 bits per heavy atom. The standard InChI is InChI=1S/C51H88NO8P/c1-3-5-7-9-11-13-15-17-19-21-23-24-26-28-30-32-34-36-38-40-42-44-51(55)58-47-49(53)48-60-61(56,57)59-46-45-52-50(54)43-41-39-37-35-33-31-29-27-25-22-20-18-16-14-12-10-8-6-4-2/h5,7,11,13,17-20,23-24,28,30,34,36,49,53H,3-4,6,8-10,12,14-16,21-22,25-27,29,31-33,35,37-48H2,1-2H3,(H,52,54)(H,56,57)/b7-5-,13-11-,19-17-,20-18+,24-23-,30-28-,36-34-. The van der Waals surface area contributed by atoms with Crippen LogP contribution in [0.3, 0.4) is 0 Å². The van der Waals surface area contributed by atoms with E-state index in [1.54, 1.807) is 0 Å². The van der Waals surface area contributed by atoms with Gasteiger partial charge in [0, 0.05) is 19.4 Å². The smallest absolute Gasteiger partial charge is 0.463 e. The molecule has 2 unspecified atom stereocenters. The Morgan fingerprint density at radius 1 is 0.525 bits per heavy atom. The van der Waals surface area contributed by atoms with E-state index in [1.165, 1.54) is 89.9 Å². The molecule has 0 aromatic carbocycles. The number of aliphatic hydroxyl groups is 1. The predicted octanol–water partition coefficient (Wildman–Crippen LogP) is 14.0. The van der Waals surface area contributed by atoms with Crippen molar-refractivity contribution in [2.45, 2.75) is 200 Å². The van der Waals surface area contributed by atoms with Gasteiger partial charge in [0.1, 0.15) is 12.7 Å². The van der Waals surface area contributed by atoms with E-state index in [4.69, 9.17) is 13.8 Å². The molecule has 0 heterocycles. The molecule has 0 aliphatic carbocycles. The third kappa shape index (κ3) is 48.1. The molecule has 0 radical (unpaired) electrons. The Kier molecular flexibility index (Phi) is 44.5. The Hall–Kier alpha value is -2.81. The Bertz CT molecular complexity index is 1270. The summed E-state index contributed by atoms with van der Waals surface area (Å²) in [6.45, 7) is 3.38. The fourth-order valence-electron chi connectivity index (χ4n) is 6.20. The number of phosphoric acid groups is 1. The van der Waals surface area contributed by atoms with E-state index >= 15 is 0 Å². The van der Waals surface area contributed by atoms with Crippen molar-refractivity contribution in [3.8, 4) is 0 Å². The van der Waals surface area contributed by atoms with Crippen LogP contribution in [0.5, 0.6) is 0 Å². The summed E-state index contributed by atoms with van der Waals surface area (Å²) >= 11 is 0. The molecule has 9 nitrogen and oxygen atoms in total.